The zero-order valence-electron chi connectivity index (χ0n) is 15.1. The third kappa shape index (κ3) is 5.42. The summed E-state index contributed by atoms with van der Waals surface area (Å²) in [6.07, 6.45) is 1.60. The van der Waals surface area contributed by atoms with Crippen molar-refractivity contribution in [3.8, 4) is 0 Å². The van der Waals surface area contributed by atoms with Gasteiger partial charge in [-0.05, 0) is 38.5 Å². The van der Waals surface area contributed by atoms with E-state index in [1.807, 2.05) is 31.2 Å². The van der Waals surface area contributed by atoms with Crippen molar-refractivity contribution in [3.05, 3.63) is 40.1 Å². The molecule has 25 heavy (non-hydrogen) atoms. The Morgan fingerprint density at radius 2 is 2.16 bits per heavy atom. The first-order valence-corrected chi connectivity index (χ1v) is 9.29. The van der Waals surface area contributed by atoms with Gasteiger partial charge in [-0.1, -0.05) is 6.92 Å². The third-order valence-electron chi connectivity index (χ3n) is 3.93. The van der Waals surface area contributed by atoms with Crippen molar-refractivity contribution in [1.82, 2.24) is 10.3 Å². The lowest BCUT2D eigenvalue weighted by atomic mass is 10.2. The van der Waals surface area contributed by atoms with E-state index in [2.05, 4.69) is 22.5 Å². The molecule has 0 bridgehead atoms. The second kappa shape index (κ2) is 8.80. The lowest BCUT2D eigenvalue weighted by Gasteiger charge is -2.24. The Morgan fingerprint density at radius 3 is 2.76 bits per heavy atom. The summed E-state index contributed by atoms with van der Waals surface area (Å²) in [6, 6.07) is 4.55. The maximum Gasteiger partial charge on any atom is 0.319 e. The van der Waals surface area contributed by atoms with Crippen LogP contribution in [-0.2, 0) is 12.8 Å². The SMILES string of the molecule is CCc1nc(CCNC(=O)Nc2ccc(N(C)C(C)C)c(F)c2)cs1. The van der Waals surface area contributed by atoms with Gasteiger partial charge in [0.1, 0.15) is 5.82 Å². The summed E-state index contributed by atoms with van der Waals surface area (Å²) >= 11 is 1.63. The highest BCUT2D eigenvalue weighted by molar-refractivity contribution is 7.09. The number of nitrogens with one attached hydrogen (secondary N) is 2. The largest absolute Gasteiger partial charge is 0.370 e. The van der Waals surface area contributed by atoms with Crippen LogP contribution in [0.3, 0.4) is 0 Å². The molecule has 1 aromatic carbocycles. The topological polar surface area (TPSA) is 57.3 Å². The van der Waals surface area contributed by atoms with Crippen LogP contribution in [0.15, 0.2) is 23.6 Å². The number of carbonyl (C=O) groups excluding carboxylic acids is 1. The van der Waals surface area contributed by atoms with Crippen LogP contribution in [0.2, 0.25) is 0 Å². The van der Waals surface area contributed by atoms with E-state index in [4.69, 9.17) is 0 Å². The summed E-state index contributed by atoms with van der Waals surface area (Å²) in [5.74, 6) is -0.358. The minimum Gasteiger partial charge on any atom is -0.370 e. The van der Waals surface area contributed by atoms with E-state index in [1.54, 1.807) is 23.5 Å². The number of anilines is 2. The highest BCUT2D eigenvalue weighted by Crippen LogP contribution is 2.23. The van der Waals surface area contributed by atoms with Crippen molar-refractivity contribution in [2.24, 2.45) is 0 Å². The molecule has 0 saturated carbocycles. The van der Waals surface area contributed by atoms with Crippen molar-refractivity contribution in [2.75, 3.05) is 23.8 Å². The fourth-order valence-corrected chi connectivity index (χ4v) is 3.03. The zero-order valence-corrected chi connectivity index (χ0v) is 15.9. The van der Waals surface area contributed by atoms with Crippen molar-refractivity contribution in [2.45, 2.75) is 39.7 Å². The molecule has 2 rings (SSSR count). The average Bonchev–Trinajstić information content (AvgIpc) is 3.02. The Labute approximate surface area is 152 Å². The molecular formula is C18H25FN4OS. The summed E-state index contributed by atoms with van der Waals surface area (Å²) in [5, 5.41) is 8.53. The van der Waals surface area contributed by atoms with E-state index in [9.17, 15) is 9.18 Å². The van der Waals surface area contributed by atoms with E-state index in [0.29, 0.717) is 24.3 Å². The molecule has 0 saturated heterocycles. The van der Waals surface area contributed by atoms with E-state index in [0.717, 1.165) is 17.1 Å². The van der Waals surface area contributed by atoms with Gasteiger partial charge in [0.15, 0.2) is 0 Å². The molecule has 2 amide bonds. The highest BCUT2D eigenvalue weighted by atomic mass is 32.1. The number of urea groups is 1. The predicted octanol–water partition coefficient (Wildman–Crippen LogP) is 4.05. The Hall–Kier alpha value is -2.15. The molecule has 0 atom stereocenters. The van der Waals surface area contributed by atoms with E-state index >= 15 is 0 Å². The number of aromatic nitrogens is 1. The molecule has 2 aromatic rings. The number of rotatable bonds is 7. The first kappa shape index (κ1) is 19.2. The Morgan fingerprint density at radius 1 is 1.40 bits per heavy atom. The van der Waals surface area contributed by atoms with Crippen LogP contribution in [0, 0.1) is 5.82 Å². The fraction of sp³-hybridized carbons (Fsp3) is 0.444. The van der Waals surface area contributed by atoms with Gasteiger partial charge in [-0.3, -0.25) is 0 Å². The second-order valence-electron chi connectivity index (χ2n) is 6.09. The molecule has 1 heterocycles. The summed E-state index contributed by atoms with van der Waals surface area (Å²) in [4.78, 5) is 18.2. The third-order valence-corrected chi connectivity index (χ3v) is 4.97. The van der Waals surface area contributed by atoms with Gasteiger partial charge < -0.3 is 15.5 Å². The van der Waals surface area contributed by atoms with Gasteiger partial charge in [0, 0.05) is 37.1 Å². The molecule has 136 valence electrons. The molecule has 2 N–H and O–H groups in total. The predicted molar refractivity (Wildman–Crippen MR) is 102 cm³/mol. The lowest BCUT2D eigenvalue weighted by Crippen LogP contribution is -2.30. The maximum absolute atomic E-state index is 14.2. The zero-order chi connectivity index (χ0) is 18.4. The quantitative estimate of drug-likeness (QED) is 0.779. The number of hydrogen-bond acceptors (Lipinski definition) is 4. The molecule has 0 aliphatic carbocycles. The van der Waals surface area contributed by atoms with Gasteiger partial charge in [0.2, 0.25) is 0 Å². The van der Waals surface area contributed by atoms with Crippen LogP contribution >= 0.6 is 11.3 Å². The summed E-state index contributed by atoms with van der Waals surface area (Å²) in [7, 11) is 1.84. The lowest BCUT2D eigenvalue weighted by molar-refractivity contribution is 0.252. The van der Waals surface area contributed by atoms with Crippen molar-refractivity contribution < 1.29 is 9.18 Å². The molecular weight excluding hydrogens is 339 g/mol. The number of nitrogens with zero attached hydrogens (tertiary/aromatic N) is 2. The first-order chi connectivity index (χ1) is 11.9. The van der Waals surface area contributed by atoms with Crippen molar-refractivity contribution >= 4 is 28.7 Å². The number of halogens is 1. The molecule has 0 spiro atoms. The summed E-state index contributed by atoms with van der Waals surface area (Å²) in [5.41, 5.74) is 1.92. The van der Waals surface area contributed by atoms with Gasteiger partial charge in [-0.25, -0.2) is 14.2 Å². The monoisotopic (exact) mass is 364 g/mol. The summed E-state index contributed by atoms with van der Waals surface area (Å²) in [6.45, 7) is 6.53. The number of aryl methyl sites for hydroxylation is 1. The normalized spacial score (nSPS) is 10.8. The minimum absolute atomic E-state index is 0.190. The van der Waals surface area contributed by atoms with Crippen LogP contribution < -0.4 is 15.5 Å². The van der Waals surface area contributed by atoms with E-state index in [1.165, 1.54) is 6.07 Å². The van der Waals surface area contributed by atoms with E-state index in [-0.39, 0.29) is 17.9 Å². The minimum atomic E-state index is -0.358. The number of benzene rings is 1. The number of hydrogen-bond donors (Lipinski definition) is 2. The van der Waals surface area contributed by atoms with Crippen molar-refractivity contribution in [1.29, 1.82) is 0 Å². The molecule has 7 heteroatoms. The van der Waals surface area contributed by atoms with Gasteiger partial charge in [0.25, 0.3) is 0 Å². The van der Waals surface area contributed by atoms with Crippen LogP contribution in [0.1, 0.15) is 31.5 Å². The number of thiazole rings is 1. The van der Waals surface area contributed by atoms with Crippen molar-refractivity contribution in [3.63, 3.8) is 0 Å². The highest BCUT2D eigenvalue weighted by Gasteiger charge is 2.12. The molecule has 5 nitrogen and oxygen atoms in total. The molecule has 0 aliphatic rings. The van der Waals surface area contributed by atoms with Crippen LogP contribution in [0.5, 0.6) is 0 Å². The Bertz CT molecular complexity index is 717. The second-order valence-corrected chi connectivity index (χ2v) is 7.03. The van der Waals surface area contributed by atoms with E-state index < -0.39 is 0 Å². The smallest absolute Gasteiger partial charge is 0.319 e. The maximum atomic E-state index is 14.2. The molecule has 0 unspecified atom stereocenters. The standard InChI is InChI=1S/C18H25FN4OS/c1-5-17-21-14(11-25-17)8-9-20-18(24)22-13-6-7-16(15(19)10-13)23(4)12(2)3/h6-7,10-12H,5,8-9H2,1-4H3,(H2,20,22,24). The van der Waals surface area contributed by atoms with Crippen LogP contribution in [0.25, 0.3) is 0 Å². The van der Waals surface area contributed by atoms with Gasteiger partial charge >= 0.3 is 6.03 Å². The van der Waals surface area contributed by atoms with Crippen LogP contribution in [-0.4, -0.2) is 30.6 Å². The summed E-state index contributed by atoms with van der Waals surface area (Å²) < 4.78 is 14.2. The number of amides is 2. The molecule has 1 aromatic heterocycles. The fourth-order valence-electron chi connectivity index (χ4n) is 2.25. The first-order valence-electron chi connectivity index (χ1n) is 8.41. The Kier molecular flexibility index (Phi) is 6.75. The number of carbonyl (C=O) groups is 1. The van der Waals surface area contributed by atoms with Gasteiger partial charge in [-0.15, -0.1) is 11.3 Å². The van der Waals surface area contributed by atoms with Gasteiger partial charge in [0.05, 0.1) is 16.4 Å². The average molecular weight is 364 g/mol. The molecule has 0 aliphatic heterocycles. The molecule has 0 radical (unpaired) electrons. The van der Waals surface area contributed by atoms with Gasteiger partial charge in [-0.2, -0.15) is 0 Å². The Balaban J connectivity index is 1.84. The van der Waals surface area contributed by atoms with Crippen LogP contribution in [0.4, 0.5) is 20.6 Å². The molecule has 0 fully saturated rings.